The Labute approximate surface area is 236 Å². The number of hydrogen-bond donors (Lipinski definition) is 2. The SMILES string of the molecule is CCCCOc1ccc(N2CCN(S(=O)(=O)C3(C(=O)NO)CCN(C(=O)N4CCOCC4)CC3)CC2)cc1.Cl. The molecule has 220 valence electrons. The Kier molecular flexibility index (Phi) is 11.1. The molecule has 0 saturated carbocycles. The fourth-order valence-electron chi connectivity index (χ4n) is 5.24. The van der Waals surface area contributed by atoms with Crippen molar-refractivity contribution in [3.8, 4) is 5.75 Å². The molecule has 0 aliphatic carbocycles. The predicted octanol–water partition coefficient (Wildman–Crippen LogP) is 1.53. The number of sulfonamides is 1. The van der Waals surface area contributed by atoms with Crippen LogP contribution in [-0.2, 0) is 19.6 Å². The minimum absolute atomic E-state index is 0. The number of piperidine rings is 1. The van der Waals surface area contributed by atoms with E-state index in [0.29, 0.717) is 46.0 Å². The molecule has 0 bridgehead atoms. The van der Waals surface area contributed by atoms with Crippen LogP contribution in [0.1, 0.15) is 32.6 Å². The number of anilines is 1. The molecule has 0 atom stereocenters. The minimum Gasteiger partial charge on any atom is -0.494 e. The summed E-state index contributed by atoms with van der Waals surface area (Å²) in [5.41, 5.74) is 2.56. The summed E-state index contributed by atoms with van der Waals surface area (Å²) < 4.78 is 38.2. The lowest BCUT2D eigenvalue weighted by atomic mass is 9.95. The van der Waals surface area contributed by atoms with Gasteiger partial charge in [-0.2, -0.15) is 4.31 Å². The number of benzene rings is 1. The average molecular weight is 590 g/mol. The van der Waals surface area contributed by atoms with Crippen LogP contribution in [0.15, 0.2) is 24.3 Å². The first-order valence-electron chi connectivity index (χ1n) is 13.4. The topological polar surface area (TPSA) is 132 Å². The van der Waals surface area contributed by atoms with Gasteiger partial charge in [-0.05, 0) is 43.5 Å². The third-order valence-electron chi connectivity index (χ3n) is 7.68. The average Bonchev–Trinajstić information content (AvgIpc) is 2.97. The molecule has 1 aromatic carbocycles. The number of hydrogen-bond acceptors (Lipinski definition) is 8. The lowest BCUT2D eigenvalue weighted by molar-refractivity contribution is -0.133. The van der Waals surface area contributed by atoms with Crippen LogP contribution in [0.3, 0.4) is 0 Å². The highest BCUT2D eigenvalue weighted by Crippen LogP contribution is 2.35. The number of carbonyl (C=O) groups is 2. The molecule has 14 heteroatoms. The monoisotopic (exact) mass is 589 g/mol. The summed E-state index contributed by atoms with van der Waals surface area (Å²) in [7, 11) is -4.11. The normalized spacial score (nSPS) is 20.2. The van der Waals surface area contributed by atoms with Gasteiger partial charge in [-0.1, -0.05) is 13.3 Å². The van der Waals surface area contributed by atoms with E-state index in [1.54, 1.807) is 15.3 Å². The highest BCUT2D eigenvalue weighted by molar-refractivity contribution is 7.91. The first-order valence-corrected chi connectivity index (χ1v) is 14.8. The van der Waals surface area contributed by atoms with Crippen LogP contribution in [0.5, 0.6) is 5.75 Å². The van der Waals surface area contributed by atoms with Crippen LogP contribution in [0.4, 0.5) is 10.5 Å². The molecule has 0 aromatic heterocycles. The van der Waals surface area contributed by atoms with Crippen molar-refractivity contribution in [2.45, 2.75) is 37.4 Å². The van der Waals surface area contributed by atoms with Gasteiger partial charge in [0, 0.05) is 58.0 Å². The Balaban J connectivity index is 0.00000420. The van der Waals surface area contributed by atoms with Gasteiger partial charge in [0.2, 0.25) is 10.0 Å². The standard InChI is InChI=1S/C25H39N5O7S.ClH/c1-2-3-18-37-22-6-4-21(5-7-22)27-12-14-30(15-13-27)38(34,35)25(23(31)26-33)8-10-28(11-9-25)24(32)29-16-19-36-20-17-29;/h4-7,33H,2-3,8-20H2,1H3,(H,26,31);1H. The lowest BCUT2D eigenvalue weighted by Gasteiger charge is -2.44. The molecule has 12 nitrogen and oxygen atoms in total. The molecule has 3 heterocycles. The molecule has 3 aliphatic rings. The third kappa shape index (κ3) is 6.71. The minimum atomic E-state index is -4.11. The van der Waals surface area contributed by atoms with E-state index in [-0.39, 0.29) is 57.5 Å². The Morgan fingerprint density at radius 2 is 1.56 bits per heavy atom. The molecule has 0 unspecified atom stereocenters. The largest absolute Gasteiger partial charge is 0.494 e. The molecule has 3 aliphatic heterocycles. The number of carbonyl (C=O) groups excluding carboxylic acids is 2. The van der Waals surface area contributed by atoms with Crippen LogP contribution < -0.4 is 15.1 Å². The summed E-state index contributed by atoms with van der Waals surface area (Å²) in [5.74, 6) is -0.143. The van der Waals surface area contributed by atoms with Gasteiger partial charge in [-0.15, -0.1) is 12.4 Å². The van der Waals surface area contributed by atoms with Gasteiger partial charge in [-0.25, -0.2) is 18.7 Å². The number of amides is 3. The number of rotatable bonds is 8. The summed E-state index contributed by atoms with van der Waals surface area (Å²) in [4.78, 5) is 31.1. The maximum Gasteiger partial charge on any atom is 0.320 e. The number of nitrogens with one attached hydrogen (secondary N) is 1. The zero-order chi connectivity index (χ0) is 27.2. The summed E-state index contributed by atoms with van der Waals surface area (Å²) >= 11 is 0. The van der Waals surface area contributed by atoms with Gasteiger partial charge in [0.1, 0.15) is 5.75 Å². The van der Waals surface area contributed by atoms with E-state index in [4.69, 9.17) is 9.47 Å². The van der Waals surface area contributed by atoms with Crippen LogP contribution in [0, 0.1) is 0 Å². The summed E-state index contributed by atoms with van der Waals surface area (Å²) in [5, 5.41) is 9.47. The van der Waals surface area contributed by atoms with Crippen LogP contribution in [-0.4, -0.2) is 117 Å². The van der Waals surface area contributed by atoms with Crippen molar-refractivity contribution in [1.82, 2.24) is 19.6 Å². The highest BCUT2D eigenvalue weighted by Gasteiger charge is 2.55. The van der Waals surface area contributed by atoms with E-state index in [0.717, 1.165) is 24.3 Å². The third-order valence-corrected chi connectivity index (χ3v) is 10.3. The number of halogens is 1. The van der Waals surface area contributed by atoms with E-state index < -0.39 is 20.7 Å². The van der Waals surface area contributed by atoms with Crippen molar-refractivity contribution in [3.05, 3.63) is 24.3 Å². The van der Waals surface area contributed by atoms with Gasteiger partial charge < -0.3 is 24.2 Å². The molecule has 4 rings (SSSR count). The van der Waals surface area contributed by atoms with Crippen LogP contribution >= 0.6 is 12.4 Å². The van der Waals surface area contributed by atoms with Crippen molar-refractivity contribution in [2.75, 3.05) is 77.1 Å². The first-order chi connectivity index (χ1) is 18.3. The number of nitrogens with zero attached hydrogens (tertiary/aromatic N) is 4. The molecule has 3 saturated heterocycles. The molecule has 0 radical (unpaired) electrons. The van der Waals surface area contributed by atoms with Crippen molar-refractivity contribution in [3.63, 3.8) is 0 Å². The molecular weight excluding hydrogens is 550 g/mol. The number of ether oxygens (including phenoxy) is 2. The molecule has 3 amide bonds. The van der Waals surface area contributed by atoms with E-state index in [9.17, 15) is 23.2 Å². The molecule has 0 spiro atoms. The smallest absolute Gasteiger partial charge is 0.320 e. The van der Waals surface area contributed by atoms with Gasteiger partial charge in [0.25, 0.3) is 5.91 Å². The summed E-state index contributed by atoms with van der Waals surface area (Å²) in [6.07, 6.45) is 1.89. The van der Waals surface area contributed by atoms with Gasteiger partial charge in [0.05, 0.1) is 19.8 Å². The Morgan fingerprint density at radius 3 is 2.13 bits per heavy atom. The molecule has 1 aromatic rings. The second-order valence-electron chi connectivity index (χ2n) is 9.89. The molecule has 3 fully saturated rings. The zero-order valence-electron chi connectivity index (χ0n) is 22.4. The van der Waals surface area contributed by atoms with E-state index in [2.05, 4.69) is 11.8 Å². The van der Waals surface area contributed by atoms with Crippen molar-refractivity contribution >= 4 is 40.1 Å². The van der Waals surface area contributed by atoms with Crippen molar-refractivity contribution in [1.29, 1.82) is 0 Å². The Morgan fingerprint density at radius 1 is 0.974 bits per heavy atom. The summed E-state index contributed by atoms with van der Waals surface area (Å²) in [6, 6.07) is 7.58. The van der Waals surface area contributed by atoms with E-state index >= 15 is 0 Å². The van der Waals surface area contributed by atoms with E-state index in [1.807, 2.05) is 24.3 Å². The van der Waals surface area contributed by atoms with Gasteiger partial charge in [0.15, 0.2) is 4.75 Å². The Bertz CT molecular complexity index is 1050. The fourth-order valence-corrected chi connectivity index (χ4v) is 7.36. The molecule has 39 heavy (non-hydrogen) atoms. The van der Waals surface area contributed by atoms with E-state index in [1.165, 1.54) is 4.31 Å². The molecular formula is C25H40ClN5O7S. The van der Waals surface area contributed by atoms with Gasteiger partial charge in [-0.3, -0.25) is 10.0 Å². The van der Waals surface area contributed by atoms with Crippen molar-refractivity contribution < 1.29 is 32.7 Å². The quantitative estimate of drug-likeness (QED) is 0.265. The number of piperazine rings is 1. The van der Waals surface area contributed by atoms with Gasteiger partial charge >= 0.3 is 6.03 Å². The number of morpholine rings is 1. The van der Waals surface area contributed by atoms with Crippen molar-refractivity contribution in [2.24, 2.45) is 0 Å². The molecule has 2 N–H and O–H groups in total. The number of hydroxylamine groups is 1. The predicted molar refractivity (Wildman–Crippen MR) is 148 cm³/mol. The zero-order valence-corrected chi connectivity index (χ0v) is 24.1. The highest BCUT2D eigenvalue weighted by atomic mass is 35.5. The van der Waals surface area contributed by atoms with Crippen LogP contribution in [0.25, 0.3) is 0 Å². The first kappa shape index (κ1) is 31.2. The number of urea groups is 1. The number of unbranched alkanes of at least 4 members (excludes halogenated alkanes) is 1. The summed E-state index contributed by atoms with van der Waals surface area (Å²) in [6.45, 7) is 6.26. The number of likely N-dealkylation sites (tertiary alicyclic amines) is 1. The maximum absolute atomic E-state index is 13.8. The second kappa shape index (κ2) is 13.8. The Hall–Kier alpha value is -2.32. The second-order valence-corrected chi connectivity index (χ2v) is 12.1. The maximum atomic E-state index is 13.8. The lowest BCUT2D eigenvalue weighted by Crippen LogP contribution is -2.64. The van der Waals surface area contributed by atoms with Crippen LogP contribution in [0.2, 0.25) is 0 Å². The fraction of sp³-hybridized carbons (Fsp3) is 0.680.